The fourth-order valence-corrected chi connectivity index (χ4v) is 2.68. The fraction of sp³-hybridized carbons (Fsp3) is 0.429. The highest BCUT2D eigenvalue weighted by atomic mass is 32.1. The number of aromatic nitrogens is 2. The van der Waals surface area contributed by atoms with Crippen molar-refractivity contribution in [3.63, 3.8) is 0 Å². The predicted molar refractivity (Wildman–Crippen MR) is 77.3 cm³/mol. The summed E-state index contributed by atoms with van der Waals surface area (Å²) in [7, 11) is 2.07. The van der Waals surface area contributed by atoms with Crippen molar-refractivity contribution >= 4 is 17.2 Å². The summed E-state index contributed by atoms with van der Waals surface area (Å²) in [6.45, 7) is 7.26. The molecule has 0 aliphatic rings. The predicted octanol–water partition coefficient (Wildman–Crippen LogP) is 3.61. The molecule has 0 unspecified atom stereocenters. The maximum atomic E-state index is 4.59. The highest BCUT2D eigenvalue weighted by Crippen LogP contribution is 2.20. The standard InChI is InChI=1S/C14H19N3S/c1-10(2)14-15-8-7-13(16-14)17(4)9-12-6-5-11(3)18-12/h5-8,10H,9H2,1-4H3. The zero-order chi connectivity index (χ0) is 13.1. The largest absolute Gasteiger partial charge is 0.354 e. The maximum Gasteiger partial charge on any atom is 0.133 e. The molecule has 0 saturated heterocycles. The van der Waals surface area contributed by atoms with Gasteiger partial charge in [0.2, 0.25) is 0 Å². The molecule has 0 fully saturated rings. The van der Waals surface area contributed by atoms with Gasteiger partial charge in [0.25, 0.3) is 0 Å². The van der Waals surface area contributed by atoms with E-state index in [2.05, 4.69) is 54.8 Å². The molecule has 0 aromatic carbocycles. The lowest BCUT2D eigenvalue weighted by atomic mass is 10.2. The van der Waals surface area contributed by atoms with Gasteiger partial charge in [0.05, 0.1) is 6.54 Å². The zero-order valence-electron chi connectivity index (χ0n) is 11.3. The topological polar surface area (TPSA) is 29.0 Å². The van der Waals surface area contributed by atoms with E-state index in [0.717, 1.165) is 18.2 Å². The molecule has 3 nitrogen and oxygen atoms in total. The third-order valence-electron chi connectivity index (χ3n) is 2.76. The quantitative estimate of drug-likeness (QED) is 0.842. The minimum absolute atomic E-state index is 0.363. The smallest absolute Gasteiger partial charge is 0.133 e. The van der Waals surface area contributed by atoms with Gasteiger partial charge in [-0.2, -0.15) is 0 Å². The third-order valence-corrected chi connectivity index (χ3v) is 3.74. The monoisotopic (exact) mass is 261 g/mol. The summed E-state index contributed by atoms with van der Waals surface area (Å²) < 4.78 is 0. The van der Waals surface area contributed by atoms with Gasteiger partial charge in [-0.05, 0) is 25.1 Å². The summed E-state index contributed by atoms with van der Waals surface area (Å²) >= 11 is 1.84. The molecule has 0 amide bonds. The third kappa shape index (κ3) is 3.07. The first kappa shape index (κ1) is 13.0. The molecule has 0 atom stereocenters. The Balaban J connectivity index is 2.13. The lowest BCUT2D eigenvalue weighted by molar-refractivity contribution is 0.763. The van der Waals surface area contributed by atoms with Crippen LogP contribution in [0.3, 0.4) is 0 Å². The van der Waals surface area contributed by atoms with Crippen LogP contribution in [0.1, 0.15) is 35.3 Å². The van der Waals surface area contributed by atoms with Crippen LogP contribution < -0.4 is 4.90 Å². The highest BCUT2D eigenvalue weighted by Gasteiger charge is 2.08. The van der Waals surface area contributed by atoms with Crippen LogP contribution in [0.2, 0.25) is 0 Å². The molecule has 2 aromatic heterocycles. The van der Waals surface area contributed by atoms with E-state index < -0.39 is 0 Å². The molecule has 0 aliphatic heterocycles. The van der Waals surface area contributed by atoms with Crippen LogP contribution in [0.4, 0.5) is 5.82 Å². The van der Waals surface area contributed by atoms with E-state index in [1.807, 2.05) is 23.6 Å². The minimum atomic E-state index is 0.363. The average molecular weight is 261 g/mol. The maximum absolute atomic E-state index is 4.59. The van der Waals surface area contributed by atoms with E-state index in [-0.39, 0.29) is 0 Å². The number of thiophene rings is 1. The van der Waals surface area contributed by atoms with Crippen molar-refractivity contribution in [2.45, 2.75) is 33.2 Å². The first-order valence-corrected chi connectivity index (χ1v) is 6.97. The van der Waals surface area contributed by atoms with Crippen LogP contribution in [-0.2, 0) is 6.54 Å². The SMILES string of the molecule is Cc1ccc(CN(C)c2ccnc(C(C)C)n2)s1. The summed E-state index contributed by atoms with van der Waals surface area (Å²) in [4.78, 5) is 13.8. The Bertz CT molecular complexity index is 519. The van der Waals surface area contributed by atoms with E-state index >= 15 is 0 Å². The molecule has 2 heterocycles. The van der Waals surface area contributed by atoms with Crippen molar-refractivity contribution in [2.75, 3.05) is 11.9 Å². The average Bonchev–Trinajstić information content (AvgIpc) is 2.75. The number of aryl methyl sites for hydroxylation is 1. The lowest BCUT2D eigenvalue weighted by Crippen LogP contribution is -2.18. The molecule has 2 aromatic rings. The van der Waals surface area contributed by atoms with Crippen LogP contribution in [0, 0.1) is 6.92 Å². The Labute approximate surface area is 113 Å². The van der Waals surface area contributed by atoms with Crippen LogP contribution in [-0.4, -0.2) is 17.0 Å². The van der Waals surface area contributed by atoms with Crippen molar-refractivity contribution < 1.29 is 0 Å². The molecule has 0 radical (unpaired) electrons. The summed E-state index contributed by atoms with van der Waals surface area (Å²) in [5.74, 6) is 2.25. The zero-order valence-corrected chi connectivity index (χ0v) is 12.2. The van der Waals surface area contributed by atoms with Gasteiger partial charge in [-0.15, -0.1) is 11.3 Å². The van der Waals surface area contributed by atoms with Crippen molar-refractivity contribution in [1.29, 1.82) is 0 Å². The second-order valence-electron chi connectivity index (χ2n) is 4.80. The lowest BCUT2D eigenvalue weighted by Gasteiger charge is -2.18. The van der Waals surface area contributed by atoms with Gasteiger partial charge in [-0.3, -0.25) is 0 Å². The van der Waals surface area contributed by atoms with Gasteiger partial charge in [0.1, 0.15) is 11.6 Å². The normalized spacial score (nSPS) is 10.9. The van der Waals surface area contributed by atoms with Crippen LogP contribution in [0.5, 0.6) is 0 Å². The van der Waals surface area contributed by atoms with Crippen LogP contribution >= 0.6 is 11.3 Å². The summed E-state index contributed by atoms with van der Waals surface area (Å²) in [5.41, 5.74) is 0. The van der Waals surface area contributed by atoms with Crippen molar-refractivity contribution in [1.82, 2.24) is 9.97 Å². The molecule has 18 heavy (non-hydrogen) atoms. The number of nitrogens with zero attached hydrogens (tertiary/aromatic N) is 3. The van der Waals surface area contributed by atoms with Gasteiger partial charge in [0, 0.05) is 28.9 Å². The number of anilines is 1. The molecule has 0 aliphatic carbocycles. The molecule has 0 N–H and O–H groups in total. The molecule has 0 saturated carbocycles. The van der Waals surface area contributed by atoms with Crippen molar-refractivity contribution in [3.8, 4) is 0 Å². The Kier molecular flexibility index (Phi) is 3.97. The van der Waals surface area contributed by atoms with Gasteiger partial charge in [-0.25, -0.2) is 9.97 Å². The van der Waals surface area contributed by atoms with Gasteiger partial charge in [-0.1, -0.05) is 13.8 Å². The van der Waals surface area contributed by atoms with E-state index in [1.165, 1.54) is 9.75 Å². The van der Waals surface area contributed by atoms with E-state index in [0.29, 0.717) is 5.92 Å². The van der Waals surface area contributed by atoms with Crippen LogP contribution in [0.25, 0.3) is 0 Å². The second kappa shape index (κ2) is 5.48. The Hall–Kier alpha value is -1.42. The van der Waals surface area contributed by atoms with Gasteiger partial charge in [0.15, 0.2) is 0 Å². The molecule has 0 bridgehead atoms. The molecular weight excluding hydrogens is 242 g/mol. The number of hydrogen-bond acceptors (Lipinski definition) is 4. The van der Waals surface area contributed by atoms with E-state index in [4.69, 9.17) is 0 Å². The first-order chi connectivity index (χ1) is 8.56. The Morgan fingerprint density at radius 3 is 2.67 bits per heavy atom. The molecule has 4 heteroatoms. The number of rotatable bonds is 4. The number of hydrogen-bond donors (Lipinski definition) is 0. The summed E-state index contributed by atoms with van der Waals surface area (Å²) in [6.07, 6.45) is 1.84. The molecular formula is C14H19N3S. The first-order valence-electron chi connectivity index (χ1n) is 6.15. The van der Waals surface area contributed by atoms with E-state index in [1.54, 1.807) is 0 Å². The minimum Gasteiger partial charge on any atom is -0.354 e. The molecule has 0 spiro atoms. The van der Waals surface area contributed by atoms with E-state index in [9.17, 15) is 0 Å². The molecule has 96 valence electrons. The second-order valence-corrected chi connectivity index (χ2v) is 6.17. The summed E-state index contributed by atoms with van der Waals surface area (Å²) in [6, 6.07) is 6.31. The van der Waals surface area contributed by atoms with Gasteiger partial charge < -0.3 is 4.90 Å². The highest BCUT2D eigenvalue weighted by molar-refractivity contribution is 7.11. The van der Waals surface area contributed by atoms with Crippen molar-refractivity contribution in [2.24, 2.45) is 0 Å². The molecule has 2 rings (SSSR count). The summed E-state index contributed by atoms with van der Waals surface area (Å²) in [5, 5.41) is 0. The van der Waals surface area contributed by atoms with Crippen molar-refractivity contribution in [3.05, 3.63) is 40.0 Å². The Morgan fingerprint density at radius 1 is 1.28 bits per heavy atom. The van der Waals surface area contributed by atoms with Crippen LogP contribution in [0.15, 0.2) is 24.4 Å². The Morgan fingerprint density at radius 2 is 2.06 bits per heavy atom. The van der Waals surface area contributed by atoms with Gasteiger partial charge >= 0.3 is 0 Å². The fourth-order valence-electron chi connectivity index (χ4n) is 1.74.